The van der Waals surface area contributed by atoms with E-state index < -0.39 is 0 Å². The standard InChI is InChI=1S/C35H46N2/c1-5-8-11-13-17-29-18-16-23-33(24-29)37-28(4)27-36-34-25-31(19-9-6-2)35(30-21-14-12-15-22-30)32(26-34)20-10-7-3/h12,14-16,18,21-27H,5-11,13,17,19-20H2,1-4H3. The number of benzene rings is 3. The number of hydrogen-bond acceptors (Lipinski definition) is 2. The Morgan fingerprint density at radius 3 is 1.97 bits per heavy atom. The summed E-state index contributed by atoms with van der Waals surface area (Å²) in [5.74, 6) is 0. The molecule has 3 aromatic carbocycles. The number of unbranched alkanes of at least 4 members (excludes halogenated alkanes) is 5. The second-order valence-corrected chi connectivity index (χ2v) is 10.2. The number of hydrogen-bond donors (Lipinski definition) is 0. The fourth-order valence-corrected chi connectivity index (χ4v) is 4.87. The Labute approximate surface area is 226 Å². The predicted molar refractivity (Wildman–Crippen MR) is 164 cm³/mol. The third-order valence-corrected chi connectivity index (χ3v) is 6.88. The van der Waals surface area contributed by atoms with Crippen molar-refractivity contribution in [2.24, 2.45) is 9.98 Å². The summed E-state index contributed by atoms with van der Waals surface area (Å²) < 4.78 is 0. The van der Waals surface area contributed by atoms with Gasteiger partial charge in [-0.2, -0.15) is 0 Å². The van der Waals surface area contributed by atoms with Gasteiger partial charge in [0.05, 0.1) is 17.1 Å². The topological polar surface area (TPSA) is 24.7 Å². The molecular formula is C35H46N2. The van der Waals surface area contributed by atoms with Crippen LogP contribution in [0.5, 0.6) is 0 Å². The summed E-state index contributed by atoms with van der Waals surface area (Å²) in [6.07, 6.45) is 15.1. The second-order valence-electron chi connectivity index (χ2n) is 10.2. The van der Waals surface area contributed by atoms with Gasteiger partial charge in [-0.05, 0) is 97.5 Å². The highest BCUT2D eigenvalue weighted by Crippen LogP contribution is 2.34. The normalized spacial score (nSPS) is 11.9. The van der Waals surface area contributed by atoms with E-state index in [1.54, 1.807) is 0 Å². The summed E-state index contributed by atoms with van der Waals surface area (Å²) in [6.45, 7) is 8.84. The van der Waals surface area contributed by atoms with Crippen LogP contribution in [0.1, 0.15) is 95.8 Å². The van der Waals surface area contributed by atoms with Crippen molar-refractivity contribution in [3.63, 3.8) is 0 Å². The molecule has 37 heavy (non-hydrogen) atoms. The Morgan fingerprint density at radius 1 is 0.649 bits per heavy atom. The van der Waals surface area contributed by atoms with Crippen LogP contribution in [-0.2, 0) is 19.3 Å². The van der Waals surface area contributed by atoms with E-state index in [1.807, 2.05) is 13.1 Å². The molecule has 0 N–H and O–H groups in total. The number of rotatable bonds is 15. The lowest BCUT2D eigenvalue weighted by Gasteiger charge is -2.17. The molecular weight excluding hydrogens is 448 g/mol. The van der Waals surface area contributed by atoms with Gasteiger partial charge >= 0.3 is 0 Å². The first-order valence-corrected chi connectivity index (χ1v) is 14.5. The highest BCUT2D eigenvalue weighted by atomic mass is 14.8. The van der Waals surface area contributed by atoms with E-state index in [4.69, 9.17) is 9.98 Å². The molecule has 0 amide bonds. The minimum atomic E-state index is 0.931. The summed E-state index contributed by atoms with van der Waals surface area (Å²) in [4.78, 5) is 9.77. The molecule has 0 saturated heterocycles. The molecule has 0 aliphatic heterocycles. The number of aryl methyl sites for hydroxylation is 3. The molecule has 0 unspecified atom stereocenters. The van der Waals surface area contributed by atoms with Crippen molar-refractivity contribution in [2.75, 3.05) is 0 Å². The van der Waals surface area contributed by atoms with E-state index in [-0.39, 0.29) is 0 Å². The average Bonchev–Trinajstić information content (AvgIpc) is 2.92. The SMILES string of the molecule is CCCCCCc1cccc(N=C(C)C=Nc2cc(CCCC)c(-c3ccccc3)c(CCCC)c2)c1. The zero-order chi connectivity index (χ0) is 26.3. The van der Waals surface area contributed by atoms with E-state index in [2.05, 4.69) is 87.5 Å². The Kier molecular flexibility index (Phi) is 12.3. The van der Waals surface area contributed by atoms with Crippen LogP contribution in [0.4, 0.5) is 11.4 Å². The average molecular weight is 495 g/mol. The molecule has 0 bridgehead atoms. The molecule has 0 aliphatic rings. The van der Waals surface area contributed by atoms with E-state index in [1.165, 1.54) is 79.2 Å². The quantitative estimate of drug-likeness (QED) is 0.148. The Bertz CT molecular complexity index is 1110. The Hall–Kier alpha value is -3.00. The van der Waals surface area contributed by atoms with Gasteiger partial charge in [0.25, 0.3) is 0 Å². The van der Waals surface area contributed by atoms with Crippen LogP contribution in [0, 0.1) is 0 Å². The number of nitrogens with zero attached hydrogens (tertiary/aromatic N) is 2. The van der Waals surface area contributed by atoms with E-state index in [0.29, 0.717) is 0 Å². The molecule has 0 fully saturated rings. The van der Waals surface area contributed by atoms with Crippen LogP contribution in [-0.4, -0.2) is 11.9 Å². The lowest BCUT2D eigenvalue weighted by atomic mass is 9.89. The molecule has 2 heteroatoms. The molecule has 0 saturated carbocycles. The van der Waals surface area contributed by atoms with Gasteiger partial charge in [-0.3, -0.25) is 9.98 Å². The zero-order valence-electron chi connectivity index (χ0n) is 23.6. The van der Waals surface area contributed by atoms with Crippen molar-refractivity contribution < 1.29 is 0 Å². The van der Waals surface area contributed by atoms with Gasteiger partial charge in [-0.15, -0.1) is 0 Å². The Morgan fingerprint density at radius 2 is 1.32 bits per heavy atom. The predicted octanol–water partition coefficient (Wildman–Crippen LogP) is 10.7. The van der Waals surface area contributed by atoms with Crippen molar-refractivity contribution in [1.29, 1.82) is 0 Å². The molecule has 2 nitrogen and oxygen atoms in total. The molecule has 0 atom stereocenters. The monoisotopic (exact) mass is 494 g/mol. The van der Waals surface area contributed by atoms with Gasteiger partial charge < -0.3 is 0 Å². The van der Waals surface area contributed by atoms with Gasteiger partial charge in [-0.1, -0.05) is 95.3 Å². The fourth-order valence-electron chi connectivity index (χ4n) is 4.87. The van der Waals surface area contributed by atoms with E-state index in [0.717, 1.165) is 36.3 Å². The Balaban J connectivity index is 1.86. The molecule has 0 spiro atoms. The van der Waals surface area contributed by atoms with Gasteiger partial charge in [0.1, 0.15) is 0 Å². The summed E-state index contributed by atoms with van der Waals surface area (Å²) in [7, 11) is 0. The van der Waals surface area contributed by atoms with Crippen LogP contribution in [0.25, 0.3) is 11.1 Å². The highest BCUT2D eigenvalue weighted by molar-refractivity contribution is 6.30. The van der Waals surface area contributed by atoms with Crippen LogP contribution < -0.4 is 0 Å². The first-order valence-electron chi connectivity index (χ1n) is 14.5. The van der Waals surface area contributed by atoms with Gasteiger partial charge in [0, 0.05) is 6.21 Å². The maximum absolute atomic E-state index is 4.91. The largest absolute Gasteiger partial charge is 0.255 e. The van der Waals surface area contributed by atoms with Gasteiger partial charge in [0.15, 0.2) is 0 Å². The highest BCUT2D eigenvalue weighted by Gasteiger charge is 2.13. The van der Waals surface area contributed by atoms with Crippen molar-refractivity contribution in [3.8, 4) is 11.1 Å². The van der Waals surface area contributed by atoms with Crippen molar-refractivity contribution in [2.45, 2.75) is 98.3 Å². The maximum atomic E-state index is 4.91. The lowest BCUT2D eigenvalue weighted by molar-refractivity contribution is 0.667. The first kappa shape index (κ1) is 28.6. The van der Waals surface area contributed by atoms with Gasteiger partial charge in [-0.25, -0.2) is 0 Å². The second kappa shape index (κ2) is 16.0. The van der Waals surface area contributed by atoms with Crippen LogP contribution >= 0.6 is 0 Å². The van der Waals surface area contributed by atoms with Crippen molar-refractivity contribution >= 4 is 23.3 Å². The third kappa shape index (κ3) is 9.43. The summed E-state index contributed by atoms with van der Waals surface area (Å²) in [5, 5.41) is 0. The molecule has 0 heterocycles. The lowest BCUT2D eigenvalue weighted by Crippen LogP contribution is -1.98. The summed E-state index contributed by atoms with van der Waals surface area (Å²) in [5.41, 5.74) is 9.93. The molecule has 0 radical (unpaired) electrons. The molecule has 0 aromatic heterocycles. The van der Waals surface area contributed by atoms with E-state index >= 15 is 0 Å². The minimum Gasteiger partial charge on any atom is -0.255 e. The van der Waals surface area contributed by atoms with Crippen molar-refractivity contribution in [1.82, 2.24) is 0 Å². The molecule has 0 aliphatic carbocycles. The van der Waals surface area contributed by atoms with Crippen LogP contribution in [0.15, 0.2) is 76.7 Å². The first-order chi connectivity index (χ1) is 18.1. The summed E-state index contributed by atoms with van der Waals surface area (Å²) in [6, 6.07) is 24.2. The van der Waals surface area contributed by atoms with Crippen LogP contribution in [0.2, 0.25) is 0 Å². The molecule has 3 aromatic rings. The maximum Gasteiger partial charge on any atom is 0.0636 e. The van der Waals surface area contributed by atoms with Gasteiger partial charge in [0.2, 0.25) is 0 Å². The fraction of sp³-hybridized carbons (Fsp3) is 0.429. The summed E-state index contributed by atoms with van der Waals surface area (Å²) >= 11 is 0. The van der Waals surface area contributed by atoms with Crippen molar-refractivity contribution in [3.05, 3.63) is 83.4 Å². The van der Waals surface area contributed by atoms with E-state index in [9.17, 15) is 0 Å². The minimum absolute atomic E-state index is 0.931. The smallest absolute Gasteiger partial charge is 0.0636 e. The number of aliphatic imine (C=N–C) groups is 2. The zero-order valence-corrected chi connectivity index (χ0v) is 23.6. The van der Waals surface area contributed by atoms with Crippen LogP contribution in [0.3, 0.4) is 0 Å². The molecule has 3 rings (SSSR count). The third-order valence-electron chi connectivity index (χ3n) is 6.88. The molecule has 196 valence electrons.